The van der Waals surface area contributed by atoms with E-state index in [2.05, 4.69) is 0 Å². The Hall–Kier alpha value is -1.81. The number of benzene rings is 1. The van der Waals surface area contributed by atoms with Crippen molar-refractivity contribution in [2.24, 2.45) is 0 Å². The quantitative estimate of drug-likeness (QED) is 0.625. The smallest absolute Gasteiger partial charge is 0.331 e. The second-order valence-electron chi connectivity index (χ2n) is 3.97. The van der Waals surface area contributed by atoms with Crippen LogP contribution >= 0.6 is 0 Å². The number of carboxylic acid groups (broad SMARTS) is 1. The van der Waals surface area contributed by atoms with E-state index in [1.165, 1.54) is 0 Å². The topological polar surface area (TPSA) is 59.1 Å². The van der Waals surface area contributed by atoms with Gasteiger partial charge in [0, 0.05) is 5.57 Å². The maximum absolute atomic E-state index is 10.7. The van der Waals surface area contributed by atoms with Crippen molar-refractivity contribution in [3.63, 3.8) is 0 Å². The van der Waals surface area contributed by atoms with Crippen LogP contribution in [0.3, 0.4) is 0 Å². The van der Waals surface area contributed by atoms with Gasteiger partial charge in [-0.3, -0.25) is 0 Å². The number of hydrogen-bond acceptors (Lipinski definition) is 3. The van der Waals surface area contributed by atoms with E-state index in [-0.39, 0.29) is 6.10 Å². The third kappa shape index (κ3) is 3.60. The van der Waals surface area contributed by atoms with E-state index in [1.54, 1.807) is 13.0 Å². The molecule has 1 aliphatic heterocycles. The zero-order valence-electron chi connectivity index (χ0n) is 9.55. The van der Waals surface area contributed by atoms with Crippen LogP contribution in [-0.2, 0) is 9.53 Å². The predicted octanol–water partition coefficient (Wildman–Crippen LogP) is 1.95. The molecule has 1 aromatic carbocycles. The molecule has 0 aromatic heterocycles. The first-order chi connectivity index (χ1) is 8.15. The van der Waals surface area contributed by atoms with Gasteiger partial charge in [-0.2, -0.15) is 0 Å². The normalized spacial score (nSPS) is 18.9. The molecule has 90 valence electrons. The van der Waals surface area contributed by atoms with Crippen LogP contribution in [0, 0.1) is 0 Å². The molecular weight excluding hydrogens is 220 g/mol. The molecule has 1 heterocycles. The summed E-state index contributed by atoms with van der Waals surface area (Å²) in [6, 6.07) is 7.33. The van der Waals surface area contributed by atoms with Crippen molar-refractivity contribution in [2.75, 3.05) is 13.2 Å². The molecule has 0 spiro atoms. The molecular formula is C13H14O4. The summed E-state index contributed by atoms with van der Waals surface area (Å²) in [5, 5.41) is 8.78. The van der Waals surface area contributed by atoms with E-state index in [0.29, 0.717) is 12.2 Å². The van der Waals surface area contributed by atoms with Gasteiger partial charge in [0.05, 0.1) is 6.61 Å². The lowest BCUT2D eigenvalue weighted by Crippen LogP contribution is -2.03. The molecule has 1 N–H and O–H groups in total. The van der Waals surface area contributed by atoms with Crippen LogP contribution in [0.4, 0.5) is 0 Å². The molecule has 17 heavy (non-hydrogen) atoms. The Labute approximate surface area is 99.5 Å². The van der Waals surface area contributed by atoms with Gasteiger partial charge in [-0.15, -0.1) is 0 Å². The van der Waals surface area contributed by atoms with Gasteiger partial charge in [0.15, 0.2) is 0 Å². The third-order valence-electron chi connectivity index (χ3n) is 2.42. The minimum Gasteiger partial charge on any atom is -0.491 e. The highest BCUT2D eigenvalue weighted by Crippen LogP contribution is 2.18. The minimum atomic E-state index is -0.914. The van der Waals surface area contributed by atoms with Gasteiger partial charge >= 0.3 is 5.97 Å². The molecule has 0 amide bonds. The van der Waals surface area contributed by atoms with Gasteiger partial charge in [0.1, 0.15) is 18.5 Å². The molecule has 0 aliphatic carbocycles. The fourth-order valence-electron chi connectivity index (χ4n) is 1.36. The van der Waals surface area contributed by atoms with Crippen molar-refractivity contribution >= 4 is 12.0 Å². The SMILES string of the molecule is CC(=Cc1cccc(OCC2CO2)c1)C(=O)O. The zero-order valence-corrected chi connectivity index (χ0v) is 9.55. The van der Waals surface area contributed by atoms with Crippen LogP contribution < -0.4 is 4.74 Å². The average molecular weight is 234 g/mol. The van der Waals surface area contributed by atoms with E-state index >= 15 is 0 Å². The molecule has 1 saturated heterocycles. The number of rotatable bonds is 5. The number of carboxylic acids is 1. The number of aliphatic carboxylic acids is 1. The summed E-state index contributed by atoms with van der Waals surface area (Å²) in [4.78, 5) is 10.7. The van der Waals surface area contributed by atoms with Crippen LogP contribution in [-0.4, -0.2) is 30.4 Å². The van der Waals surface area contributed by atoms with E-state index in [4.69, 9.17) is 14.6 Å². The summed E-state index contributed by atoms with van der Waals surface area (Å²) in [6.45, 7) is 2.87. The molecule has 0 radical (unpaired) electrons. The first-order valence-electron chi connectivity index (χ1n) is 5.41. The summed E-state index contributed by atoms with van der Waals surface area (Å²) in [6.07, 6.45) is 1.83. The van der Waals surface area contributed by atoms with Gasteiger partial charge in [-0.05, 0) is 30.7 Å². The maximum Gasteiger partial charge on any atom is 0.331 e. The maximum atomic E-state index is 10.7. The van der Waals surface area contributed by atoms with Crippen LogP contribution in [0.2, 0.25) is 0 Å². The predicted molar refractivity (Wildman–Crippen MR) is 63.0 cm³/mol. The molecule has 0 saturated carbocycles. The summed E-state index contributed by atoms with van der Waals surface area (Å²) in [5.41, 5.74) is 1.12. The Kier molecular flexibility index (Phi) is 3.44. The van der Waals surface area contributed by atoms with Crippen molar-refractivity contribution in [2.45, 2.75) is 13.0 Å². The lowest BCUT2D eigenvalue weighted by Gasteiger charge is -2.04. The molecule has 4 nitrogen and oxygen atoms in total. The van der Waals surface area contributed by atoms with Gasteiger partial charge in [0.25, 0.3) is 0 Å². The number of hydrogen-bond donors (Lipinski definition) is 1. The highest BCUT2D eigenvalue weighted by atomic mass is 16.6. The standard InChI is InChI=1S/C13H14O4/c1-9(13(14)15)5-10-3-2-4-11(6-10)16-7-12-8-17-12/h2-6,12H,7-8H2,1H3,(H,14,15). The second kappa shape index (κ2) is 5.01. The summed E-state index contributed by atoms with van der Waals surface area (Å²) in [5.74, 6) is -0.185. The fraction of sp³-hybridized carbons (Fsp3) is 0.308. The van der Waals surface area contributed by atoms with Crippen molar-refractivity contribution in [1.82, 2.24) is 0 Å². The van der Waals surface area contributed by atoms with Crippen LogP contribution in [0.5, 0.6) is 5.75 Å². The van der Waals surface area contributed by atoms with Crippen LogP contribution in [0.25, 0.3) is 6.08 Å². The van der Waals surface area contributed by atoms with Crippen LogP contribution in [0.15, 0.2) is 29.8 Å². The number of ether oxygens (including phenoxy) is 2. The van der Waals surface area contributed by atoms with E-state index in [1.807, 2.05) is 24.3 Å². The first-order valence-corrected chi connectivity index (χ1v) is 5.41. The van der Waals surface area contributed by atoms with Crippen molar-refractivity contribution < 1.29 is 19.4 Å². The average Bonchev–Trinajstić information content (AvgIpc) is 3.10. The lowest BCUT2D eigenvalue weighted by atomic mass is 10.1. The Bertz CT molecular complexity index is 446. The van der Waals surface area contributed by atoms with Gasteiger partial charge < -0.3 is 14.6 Å². The number of carbonyl (C=O) groups is 1. The monoisotopic (exact) mass is 234 g/mol. The molecule has 1 aliphatic rings. The Morgan fingerprint density at radius 1 is 1.65 bits per heavy atom. The second-order valence-corrected chi connectivity index (χ2v) is 3.97. The van der Waals surface area contributed by atoms with E-state index < -0.39 is 5.97 Å². The molecule has 1 fully saturated rings. The van der Waals surface area contributed by atoms with Crippen LogP contribution in [0.1, 0.15) is 12.5 Å². The van der Waals surface area contributed by atoms with Crippen molar-refractivity contribution in [1.29, 1.82) is 0 Å². The number of epoxide rings is 1. The minimum absolute atomic E-state index is 0.218. The highest BCUT2D eigenvalue weighted by molar-refractivity contribution is 5.91. The summed E-state index contributed by atoms with van der Waals surface area (Å²) < 4.78 is 10.6. The Balaban J connectivity index is 2.04. The van der Waals surface area contributed by atoms with Crippen molar-refractivity contribution in [3.8, 4) is 5.75 Å². The Morgan fingerprint density at radius 3 is 3.06 bits per heavy atom. The Morgan fingerprint density at radius 2 is 2.41 bits per heavy atom. The molecule has 0 bridgehead atoms. The molecule has 1 aromatic rings. The van der Waals surface area contributed by atoms with E-state index in [9.17, 15) is 4.79 Å². The van der Waals surface area contributed by atoms with Gasteiger partial charge in [-0.1, -0.05) is 12.1 Å². The third-order valence-corrected chi connectivity index (χ3v) is 2.42. The summed E-state index contributed by atoms with van der Waals surface area (Å²) >= 11 is 0. The summed E-state index contributed by atoms with van der Waals surface area (Å²) in [7, 11) is 0. The molecule has 4 heteroatoms. The van der Waals surface area contributed by atoms with Gasteiger partial charge in [-0.25, -0.2) is 4.79 Å². The van der Waals surface area contributed by atoms with E-state index in [0.717, 1.165) is 17.9 Å². The van der Waals surface area contributed by atoms with Gasteiger partial charge in [0.2, 0.25) is 0 Å². The largest absolute Gasteiger partial charge is 0.491 e. The molecule has 1 atom stereocenters. The fourth-order valence-corrected chi connectivity index (χ4v) is 1.36. The first kappa shape index (κ1) is 11.7. The molecule has 1 unspecified atom stereocenters. The highest BCUT2D eigenvalue weighted by Gasteiger charge is 2.22. The molecule has 2 rings (SSSR count). The van der Waals surface area contributed by atoms with Crippen molar-refractivity contribution in [3.05, 3.63) is 35.4 Å². The lowest BCUT2D eigenvalue weighted by molar-refractivity contribution is -0.132. The zero-order chi connectivity index (χ0) is 12.3.